The minimum atomic E-state index is -0.709. The van der Waals surface area contributed by atoms with E-state index in [9.17, 15) is 9.59 Å². The second-order valence-electron chi connectivity index (χ2n) is 9.16. The lowest BCUT2D eigenvalue weighted by atomic mass is 10.0. The van der Waals surface area contributed by atoms with Crippen LogP contribution in [-0.2, 0) is 22.6 Å². The first-order valence-electron chi connectivity index (χ1n) is 12.5. The molecule has 0 radical (unpaired) electrons. The van der Waals surface area contributed by atoms with E-state index in [1.807, 2.05) is 68.4 Å². The van der Waals surface area contributed by atoms with Crippen LogP contribution in [0.25, 0.3) is 0 Å². The lowest BCUT2D eigenvalue weighted by Crippen LogP contribution is -2.51. The Morgan fingerprint density at radius 3 is 2.22 bits per heavy atom. The highest BCUT2D eigenvalue weighted by Crippen LogP contribution is 2.26. The highest BCUT2D eigenvalue weighted by atomic mass is 35.5. The molecule has 0 aliphatic heterocycles. The molecular formula is C30H34Cl2N2O3. The molecule has 37 heavy (non-hydrogen) atoms. The van der Waals surface area contributed by atoms with Crippen molar-refractivity contribution in [3.8, 4) is 5.75 Å². The maximum atomic E-state index is 13.7. The van der Waals surface area contributed by atoms with Crippen LogP contribution in [0, 0.1) is 13.8 Å². The third kappa shape index (κ3) is 8.51. The van der Waals surface area contributed by atoms with Gasteiger partial charge in [-0.2, -0.15) is 0 Å². The molecule has 0 spiro atoms. The van der Waals surface area contributed by atoms with E-state index >= 15 is 0 Å². The van der Waals surface area contributed by atoms with Gasteiger partial charge in [-0.15, -0.1) is 0 Å². The number of carbonyl (C=O) groups excluding carboxylic acids is 2. The quantitative estimate of drug-likeness (QED) is 0.265. The Labute approximate surface area is 229 Å². The van der Waals surface area contributed by atoms with Crippen LogP contribution in [0.3, 0.4) is 0 Å². The molecule has 0 unspecified atom stereocenters. The lowest BCUT2D eigenvalue weighted by Gasteiger charge is -2.31. The molecule has 3 rings (SSSR count). The van der Waals surface area contributed by atoms with E-state index in [0.29, 0.717) is 28.8 Å². The number of ether oxygens (including phenoxy) is 1. The molecule has 3 aromatic carbocycles. The van der Waals surface area contributed by atoms with Gasteiger partial charge in [-0.05, 0) is 66.8 Å². The second-order valence-corrected chi connectivity index (χ2v) is 9.97. The molecule has 196 valence electrons. The van der Waals surface area contributed by atoms with Crippen molar-refractivity contribution in [2.24, 2.45) is 0 Å². The first kappa shape index (κ1) is 28.5. The predicted octanol–water partition coefficient (Wildman–Crippen LogP) is 6.55. The highest BCUT2D eigenvalue weighted by molar-refractivity contribution is 6.32. The fourth-order valence-corrected chi connectivity index (χ4v) is 4.30. The van der Waals surface area contributed by atoms with E-state index < -0.39 is 6.04 Å². The van der Waals surface area contributed by atoms with Gasteiger partial charge in [0, 0.05) is 29.6 Å². The van der Waals surface area contributed by atoms with Crippen LogP contribution in [0.1, 0.15) is 42.0 Å². The number of nitrogens with one attached hydrogen (secondary N) is 1. The summed E-state index contributed by atoms with van der Waals surface area (Å²) in [6.07, 6.45) is 2.22. The summed E-state index contributed by atoms with van der Waals surface area (Å²) in [5.74, 6) is 0.0933. The van der Waals surface area contributed by atoms with Crippen LogP contribution in [0.2, 0.25) is 10.0 Å². The van der Waals surface area contributed by atoms with E-state index in [0.717, 1.165) is 35.1 Å². The molecule has 0 aromatic heterocycles. The number of halogens is 2. The molecule has 0 heterocycles. The van der Waals surface area contributed by atoms with Gasteiger partial charge in [0.2, 0.25) is 5.91 Å². The van der Waals surface area contributed by atoms with Crippen molar-refractivity contribution in [3.05, 3.63) is 99.0 Å². The molecule has 5 nitrogen and oxygen atoms in total. The molecular weight excluding hydrogens is 507 g/mol. The van der Waals surface area contributed by atoms with Gasteiger partial charge in [0.25, 0.3) is 5.91 Å². The maximum absolute atomic E-state index is 13.7. The van der Waals surface area contributed by atoms with Gasteiger partial charge in [0.15, 0.2) is 6.61 Å². The van der Waals surface area contributed by atoms with Gasteiger partial charge in [-0.25, -0.2) is 0 Å². The fraction of sp³-hybridized carbons (Fsp3) is 0.333. The molecule has 7 heteroatoms. The summed E-state index contributed by atoms with van der Waals surface area (Å²) >= 11 is 12.4. The van der Waals surface area contributed by atoms with Crippen molar-refractivity contribution in [1.29, 1.82) is 0 Å². The average Bonchev–Trinajstić information content (AvgIpc) is 2.89. The summed E-state index contributed by atoms with van der Waals surface area (Å²) in [5.41, 5.74) is 3.59. The van der Waals surface area contributed by atoms with Crippen LogP contribution >= 0.6 is 23.2 Å². The van der Waals surface area contributed by atoms with Crippen molar-refractivity contribution in [3.63, 3.8) is 0 Å². The van der Waals surface area contributed by atoms with E-state index in [2.05, 4.69) is 12.2 Å². The molecule has 3 aromatic rings. The Morgan fingerprint density at radius 1 is 0.946 bits per heavy atom. The first-order chi connectivity index (χ1) is 17.8. The van der Waals surface area contributed by atoms with Gasteiger partial charge in [0.05, 0.1) is 0 Å². The summed E-state index contributed by atoms with van der Waals surface area (Å²) in [7, 11) is 0. The zero-order chi connectivity index (χ0) is 26.8. The fourth-order valence-electron chi connectivity index (χ4n) is 4.06. The largest absolute Gasteiger partial charge is 0.484 e. The smallest absolute Gasteiger partial charge is 0.261 e. The number of nitrogens with zero attached hydrogens (tertiary/aromatic N) is 1. The highest BCUT2D eigenvalue weighted by Gasteiger charge is 2.30. The Hall–Kier alpha value is -3.02. The molecule has 0 saturated heterocycles. The molecule has 0 saturated carbocycles. The molecule has 1 N–H and O–H groups in total. The molecule has 0 aliphatic rings. The monoisotopic (exact) mass is 540 g/mol. The van der Waals surface area contributed by atoms with Crippen LogP contribution in [0.5, 0.6) is 5.75 Å². The van der Waals surface area contributed by atoms with Gasteiger partial charge in [-0.1, -0.05) is 79.0 Å². The first-order valence-corrected chi connectivity index (χ1v) is 13.3. The minimum absolute atomic E-state index is 0.183. The maximum Gasteiger partial charge on any atom is 0.261 e. The summed E-state index contributed by atoms with van der Waals surface area (Å²) in [4.78, 5) is 28.7. The van der Waals surface area contributed by atoms with Gasteiger partial charge in [0.1, 0.15) is 11.8 Å². The van der Waals surface area contributed by atoms with E-state index in [1.165, 1.54) is 0 Å². The number of hydrogen-bond acceptors (Lipinski definition) is 3. The molecule has 0 bridgehead atoms. The van der Waals surface area contributed by atoms with Gasteiger partial charge < -0.3 is 15.0 Å². The van der Waals surface area contributed by atoms with E-state index in [4.69, 9.17) is 27.9 Å². The number of benzene rings is 3. The van der Waals surface area contributed by atoms with Crippen molar-refractivity contribution in [1.82, 2.24) is 10.2 Å². The van der Waals surface area contributed by atoms with Crippen molar-refractivity contribution >= 4 is 35.0 Å². The standard InChI is InChI=1S/C30H34Cl2N2O3/c1-4-5-15-33-30(36)27(18-23-9-7-6-8-10-23)34(19-24-11-13-25(31)14-12-24)28(35)20-37-26-16-21(2)29(32)22(3)17-26/h6-14,16-17,27H,4-5,15,18-20H2,1-3H3,(H,33,36)/t27-/m0/s1. The number of rotatable bonds is 12. The zero-order valence-electron chi connectivity index (χ0n) is 21.6. The van der Waals surface area contributed by atoms with Crippen LogP contribution < -0.4 is 10.1 Å². The van der Waals surface area contributed by atoms with E-state index in [-0.39, 0.29) is 25.0 Å². The Bertz CT molecular complexity index is 1160. The second kappa shape index (κ2) is 14.1. The lowest BCUT2D eigenvalue weighted by molar-refractivity contribution is -0.142. The van der Waals surface area contributed by atoms with Crippen LogP contribution in [0.15, 0.2) is 66.7 Å². The Balaban J connectivity index is 1.89. The summed E-state index contributed by atoms with van der Waals surface area (Å²) in [6, 6.07) is 19.9. The van der Waals surface area contributed by atoms with Crippen LogP contribution in [0.4, 0.5) is 0 Å². The summed E-state index contributed by atoms with van der Waals surface area (Å²) in [6.45, 7) is 6.46. The van der Waals surface area contributed by atoms with Crippen molar-refractivity contribution in [2.75, 3.05) is 13.2 Å². The topological polar surface area (TPSA) is 58.6 Å². The predicted molar refractivity (Wildman–Crippen MR) is 150 cm³/mol. The third-order valence-electron chi connectivity index (χ3n) is 6.14. The minimum Gasteiger partial charge on any atom is -0.484 e. The van der Waals surface area contributed by atoms with E-state index in [1.54, 1.807) is 17.0 Å². The SMILES string of the molecule is CCCCNC(=O)[C@H](Cc1ccccc1)N(Cc1ccc(Cl)cc1)C(=O)COc1cc(C)c(Cl)c(C)c1. The van der Waals surface area contributed by atoms with Crippen LogP contribution in [-0.4, -0.2) is 35.9 Å². The molecule has 1 atom stereocenters. The van der Waals surface area contributed by atoms with Crippen molar-refractivity contribution in [2.45, 2.75) is 52.6 Å². The molecule has 2 amide bonds. The number of hydrogen-bond donors (Lipinski definition) is 1. The average molecular weight is 542 g/mol. The summed E-state index contributed by atoms with van der Waals surface area (Å²) < 4.78 is 5.90. The number of aryl methyl sites for hydroxylation is 2. The Kier molecular flexibility index (Phi) is 10.8. The zero-order valence-corrected chi connectivity index (χ0v) is 23.1. The van der Waals surface area contributed by atoms with Gasteiger partial charge >= 0.3 is 0 Å². The molecule has 0 aliphatic carbocycles. The summed E-state index contributed by atoms with van der Waals surface area (Å²) in [5, 5.41) is 4.30. The third-order valence-corrected chi connectivity index (χ3v) is 6.99. The number of amides is 2. The number of carbonyl (C=O) groups is 2. The normalized spacial score (nSPS) is 11.6. The van der Waals surface area contributed by atoms with Gasteiger partial charge in [-0.3, -0.25) is 9.59 Å². The number of unbranched alkanes of at least 4 members (excludes halogenated alkanes) is 1. The van der Waals surface area contributed by atoms with Crippen molar-refractivity contribution < 1.29 is 14.3 Å². The Morgan fingerprint density at radius 2 is 1.59 bits per heavy atom. The molecule has 0 fully saturated rings.